The van der Waals surface area contributed by atoms with Crippen molar-refractivity contribution >= 4 is 5.78 Å². The van der Waals surface area contributed by atoms with Crippen LogP contribution in [0.4, 0.5) is 0 Å². The van der Waals surface area contributed by atoms with Gasteiger partial charge < -0.3 is 4.74 Å². The Balaban J connectivity index is 1.57. The van der Waals surface area contributed by atoms with E-state index >= 15 is 0 Å². The fourth-order valence-electron chi connectivity index (χ4n) is 2.37. The molecule has 2 heteroatoms. The molecule has 0 unspecified atom stereocenters. The van der Waals surface area contributed by atoms with Crippen LogP contribution in [0, 0.1) is 6.92 Å². The smallest absolute Gasteiger partial charge is 0.163 e. The molecule has 0 aromatic heterocycles. The monoisotopic (exact) mass is 280 g/mol. The van der Waals surface area contributed by atoms with Gasteiger partial charge in [0.1, 0.15) is 5.75 Å². The van der Waals surface area contributed by atoms with Crippen molar-refractivity contribution in [3.8, 4) is 5.75 Å². The van der Waals surface area contributed by atoms with Crippen LogP contribution in [-0.2, 0) is 6.42 Å². The summed E-state index contributed by atoms with van der Waals surface area (Å²) in [6.07, 6.45) is 4.04. The normalized spacial score (nSPS) is 14.0. The Hall–Kier alpha value is -2.09. The molecular formula is C19H20O2. The summed E-state index contributed by atoms with van der Waals surface area (Å²) in [5.41, 5.74) is 3.23. The summed E-state index contributed by atoms with van der Waals surface area (Å²) in [6.45, 7) is 2.07. The Bertz CT molecular complexity index is 624. The molecule has 0 aliphatic heterocycles. The zero-order chi connectivity index (χ0) is 14.7. The van der Waals surface area contributed by atoms with E-state index in [2.05, 4.69) is 25.1 Å². The number of ketones is 1. The van der Waals surface area contributed by atoms with Crippen molar-refractivity contribution in [1.82, 2.24) is 0 Å². The summed E-state index contributed by atoms with van der Waals surface area (Å²) in [7, 11) is 0. The van der Waals surface area contributed by atoms with Gasteiger partial charge in [0.05, 0.1) is 6.10 Å². The Morgan fingerprint density at radius 2 is 1.90 bits per heavy atom. The third-order valence-corrected chi connectivity index (χ3v) is 3.73. The summed E-state index contributed by atoms with van der Waals surface area (Å²) >= 11 is 0. The lowest BCUT2D eigenvalue weighted by Gasteiger charge is -2.06. The topological polar surface area (TPSA) is 26.3 Å². The first-order chi connectivity index (χ1) is 10.2. The number of carbonyl (C=O) groups is 1. The number of aryl methyl sites for hydroxylation is 2. The van der Waals surface area contributed by atoms with Crippen molar-refractivity contribution in [2.75, 3.05) is 0 Å². The first-order valence-corrected chi connectivity index (χ1v) is 7.56. The average molecular weight is 280 g/mol. The van der Waals surface area contributed by atoms with Gasteiger partial charge in [0.2, 0.25) is 0 Å². The number of Topliss-reactive ketones (excluding diaryl/α,β-unsaturated/α-hetero) is 1. The van der Waals surface area contributed by atoms with Crippen LogP contribution in [0.15, 0.2) is 48.5 Å². The average Bonchev–Trinajstić information content (AvgIpc) is 3.30. The number of hydrogen-bond acceptors (Lipinski definition) is 2. The molecule has 3 rings (SSSR count). The molecule has 0 saturated heterocycles. The second-order valence-corrected chi connectivity index (χ2v) is 5.75. The molecule has 2 nitrogen and oxygen atoms in total. The van der Waals surface area contributed by atoms with Crippen LogP contribution < -0.4 is 4.74 Å². The molecule has 1 aliphatic rings. The van der Waals surface area contributed by atoms with Crippen molar-refractivity contribution in [3.05, 3.63) is 65.2 Å². The molecule has 0 radical (unpaired) electrons. The van der Waals surface area contributed by atoms with E-state index in [1.807, 2.05) is 30.3 Å². The first kappa shape index (κ1) is 13.9. The predicted molar refractivity (Wildman–Crippen MR) is 83.9 cm³/mol. The van der Waals surface area contributed by atoms with Crippen LogP contribution in [-0.4, -0.2) is 11.9 Å². The highest BCUT2D eigenvalue weighted by atomic mass is 16.5. The highest BCUT2D eigenvalue weighted by Crippen LogP contribution is 2.26. The number of hydrogen-bond donors (Lipinski definition) is 0. The van der Waals surface area contributed by atoms with Gasteiger partial charge in [-0.25, -0.2) is 0 Å². The minimum Gasteiger partial charge on any atom is -0.490 e. The van der Waals surface area contributed by atoms with Gasteiger partial charge in [0.15, 0.2) is 5.78 Å². The van der Waals surface area contributed by atoms with E-state index in [0.717, 1.165) is 30.6 Å². The van der Waals surface area contributed by atoms with Crippen molar-refractivity contribution in [2.45, 2.75) is 38.7 Å². The summed E-state index contributed by atoms with van der Waals surface area (Å²) < 4.78 is 5.69. The minimum absolute atomic E-state index is 0.189. The summed E-state index contributed by atoms with van der Waals surface area (Å²) in [5.74, 6) is 1.06. The lowest BCUT2D eigenvalue weighted by Crippen LogP contribution is -2.02. The van der Waals surface area contributed by atoms with E-state index in [-0.39, 0.29) is 5.78 Å². The van der Waals surface area contributed by atoms with Gasteiger partial charge >= 0.3 is 0 Å². The minimum atomic E-state index is 0.189. The van der Waals surface area contributed by atoms with Crippen molar-refractivity contribution < 1.29 is 9.53 Å². The van der Waals surface area contributed by atoms with Gasteiger partial charge in [-0.15, -0.1) is 0 Å². The molecule has 21 heavy (non-hydrogen) atoms. The molecular weight excluding hydrogens is 260 g/mol. The Kier molecular flexibility index (Phi) is 4.05. The first-order valence-electron chi connectivity index (χ1n) is 7.56. The Morgan fingerprint density at radius 1 is 1.14 bits per heavy atom. The molecule has 108 valence electrons. The maximum Gasteiger partial charge on any atom is 0.163 e. The van der Waals surface area contributed by atoms with E-state index in [0.29, 0.717) is 12.5 Å². The van der Waals surface area contributed by atoms with Crippen LogP contribution >= 0.6 is 0 Å². The van der Waals surface area contributed by atoms with E-state index in [9.17, 15) is 4.79 Å². The molecule has 1 saturated carbocycles. The largest absolute Gasteiger partial charge is 0.490 e. The summed E-state index contributed by atoms with van der Waals surface area (Å²) in [5, 5.41) is 0. The van der Waals surface area contributed by atoms with Crippen molar-refractivity contribution in [2.24, 2.45) is 0 Å². The van der Waals surface area contributed by atoms with Crippen LogP contribution in [0.1, 0.15) is 40.7 Å². The lowest BCUT2D eigenvalue weighted by atomic mass is 10.0. The Labute approximate surface area is 125 Å². The number of ether oxygens (including phenoxy) is 1. The highest BCUT2D eigenvalue weighted by Gasteiger charge is 2.23. The molecule has 0 atom stereocenters. The fraction of sp³-hybridized carbons (Fsp3) is 0.316. The molecule has 0 N–H and O–H groups in total. The van der Waals surface area contributed by atoms with E-state index in [4.69, 9.17) is 4.74 Å². The molecule has 2 aromatic carbocycles. The molecule has 2 aromatic rings. The quantitative estimate of drug-likeness (QED) is 0.735. The van der Waals surface area contributed by atoms with Gasteiger partial charge in [-0.3, -0.25) is 4.79 Å². The highest BCUT2D eigenvalue weighted by molar-refractivity contribution is 5.96. The SMILES string of the molecule is Cc1cccc(CCC(=O)c2ccc(OC3CC3)cc2)c1. The summed E-state index contributed by atoms with van der Waals surface area (Å²) in [4.78, 5) is 12.2. The van der Waals surface area contributed by atoms with E-state index in [1.165, 1.54) is 11.1 Å². The van der Waals surface area contributed by atoms with Crippen LogP contribution in [0.25, 0.3) is 0 Å². The van der Waals surface area contributed by atoms with Gasteiger partial charge in [0.25, 0.3) is 0 Å². The molecule has 1 fully saturated rings. The van der Waals surface area contributed by atoms with Crippen molar-refractivity contribution in [3.63, 3.8) is 0 Å². The fourth-order valence-corrected chi connectivity index (χ4v) is 2.37. The van der Waals surface area contributed by atoms with Crippen molar-refractivity contribution in [1.29, 1.82) is 0 Å². The van der Waals surface area contributed by atoms with E-state index in [1.54, 1.807) is 0 Å². The Morgan fingerprint density at radius 3 is 2.57 bits per heavy atom. The zero-order valence-electron chi connectivity index (χ0n) is 12.3. The number of carbonyl (C=O) groups excluding carboxylic acids is 1. The van der Waals surface area contributed by atoms with Crippen LogP contribution in [0.5, 0.6) is 5.75 Å². The molecule has 0 spiro atoms. The number of benzene rings is 2. The second kappa shape index (κ2) is 6.13. The molecule has 0 amide bonds. The van der Waals surface area contributed by atoms with Crippen LogP contribution in [0.3, 0.4) is 0 Å². The summed E-state index contributed by atoms with van der Waals surface area (Å²) in [6, 6.07) is 15.9. The predicted octanol–water partition coefficient (Wildman–Crippen LogP) is 4.35. The third kappa shape index (κ3) is 3.94. The lowest BCUT2D eigenvalue weighted by molar-refractivity contribution is 0.0983. The number of rotatable bonds is 6. The van der Waals surface area contributed by atoms with Gasteiger partial charge in [0, 0.05) is 12.0 Å². The maximum absolute atomic E-state index is 12.2. The molecule has 0 heterocycles. The van der Waals surface area contributed by atoms with E-state index < -0.39 is 0 Å². The zero-order valence-corrected chi connectivity index (χ0v) is 12.3. The maximum atomic E-state index is 12.2. The molecule has 1 aliphatic carbocycles. The van der Waals surface area contributed by atoms with Crippen LogP contribution in [0.2, 0.25) is 0 Å². The standard InChI is InChI=1S/C19H20O2/c1-14-3-2-4-15(13-14)5-12-19(20)16-6-8-17(9-7-16)21-18-10-11-18/h2-4,6-9,13,18H,5,10-12H2,1H3. The molecule has 0 bridgehead atoms. The van der Waals surface area contributed by atoms with Gasteiger partial charge in [-0.2, -0.15) is 0 Å². The third-order valence-electron chi connectivity index (χ3n) is 3.73. The van der Waals surface area contributed by atoms with Gasteiger partial charge in [-0.05, 0) is 56.0 Å². The van der Waals surface area contributed by atoms with Gasteiger partial charge in [-0.1, -0.05) is 29.8 Å². The second-order valence-electron chi connectivity index (χ2n) is 5.75.